The van der Waals surface area contributed by atoms with Crippen molar-refractivity contribution in [1.82, 2.24) is 14.8 Å². The minimum atomic E-state index is 0.0929. The van der Waals surface area contributed by atoms with E-state index in [0.717, 1.165) is 49.7 Å². The molecule has 1 aliphatic heterocycles. The highest BCUT2D eigenvalue weighted by Crippen LogP contribution is 2.20. The summed E-state index contributed by atoms with van der Waals surface area (Å²) in [6.45, 7) is 6.27. The van der Waals surface area contributed by atoms with E-state index in [0.29, 0.717) is 5.56 Å². The summed E-state index contributed by atoms with van der Waals surface area (Å²) in [5.41, 5.74) is 3.48. The first-order chi connectivity index (χ1) is 13.2. The Hall–Kier alpha value is -2.50. The number of piperazine rings is 1. The van der Waals surface area contributed by atoms with Crippen LogP contribution in [0.1, 0.15) is 20.9 Å². The molecule has 0 atom stereocenters. The zero-order valence-electron chi connectivity index (χ0n) is 15.5. The highest BCUT2D eigenvalue weighted by molar-refractivity contribution is 7.09. The molecular weight excluding hydrogens is 354 g/mol. The molecular formula is C22H23N3OS. The number of amides is 1. The van der Waals surface area contributed by atoms with E-state index < -0.39 is 0 Å². The number of aryl methyl sites for hydroxylation is 1. The fraction of sp³-hybridized carbons (Fsp3) is 0.273. The Kier molecular flexibility index (Phi) is 5.32. The molecule has 27 heavy (non-hydrogen) atoms. The van der Waals surface area contributed by atoms with Gasteiger partial charge in [-0.3, -0.25) is 14.7 Å². The van der Waals surface area contributed by atoms with Crippen molar-refractivity contribution < 1.29 is 4.79 Å². The molecule has 1 saturated heterocycles. The number of nitrogens with zero attached hydrogens (tertiary/aromatic N) is 3. The number of thiophene rings is 1. The fourth-order valence-corrected chi connectivity index (χ4v) is 4.21. The van der Waals surface area contributed by atoms with E-state index in [1.807, 2.05) is 54.3 Å². The minimum Gasteiger partial charge on any atom is -0.336 e. The van der Waals surface area contributed by atoms with Crippen LogP contribution in [-0.2, 0) is 6.54 Å². The van der Waals surface area contributed by atoms with Crippen LogP contribution in [0.15, 0.2) is 60.0 Å². The summed E-state index contributed by atoms with van der Waals surface area (Å²) >= 11 is 1.79. The fourth-order valence-electron chi connectivity index (χ4n) is 3.46. The van der Waals surface area contributed by atoms with E-state index in [-0.39, 0.29) is 5.91 Å². The zero-order chi connectivity index (χ0) is 18.6. The lowest BCUT2D eigenvalue weighted by molar-refractivity contribution is 0.0628. The maximum Gasteiger partial charge on any atom is 0.255 e. The van der Waals surface area contributed by atoms with Crippen LogP contribution in [0.2, 0.25) is 0 Å². The number of pyridine rings is 1. The maximum absolute atomic E-state index is 13.0. The molecule has 3 aromatic rings. The normalized spacial score (nSPS) is 15.1. The molecule has 2 aromatic heterocycles. The van der Waals surface area contributed by atoms with Crippen LogP contribution in [0.5, 0.6) is 0 Å². The third-order valence-electron chi connectivity index (χ3n) is 5.00. The van der Waals surface area contributed by atoms with Gasteiger partial charge in [0.1, 0.15) is 0 Å². The molecule has 0 saturated carbocycles. The molecule has 0 aliphatic carbocycles. The Morgan fingerprint density at radius 3 is 2.44 bits per heavy atom. The SMILES string of the molecule is Cc1nc(-c2ccccc2)ccc1C(=O)N1CCN(Cc2cccs2)CC1. The molecule has 1 aromatic carbocycles. The summed E-state index contributed by atoms with van der Waals surface area (Å²) < 4.78 is 0. The van der Waals surface area contributed by atoms with Crippen molar-refractivity contribution in [3.05, 3.63) is 76.1 Å². The quantitative estimate of drug-likeness (QED) is 0.687. The van der Waals surface area contributed by atoms with Crippen LogP contribution in [0.25, 0.3) is 11.3 Å². The minimum absolute atomic E-state index is 0.0929. The van der Waals surface area contributed by atoms with Gasteiger partial charge in [-0.15, -0.1) is 11.3 Å². The Balaban J connectivity index is 1.41. The van der Waals surface area contributed by atoms with Crippen molar-refractivity contribution in [1.29, 1.82) is 0 Å². The third kappa shape index (κ3) is 4.10. The van der Waals surface area contributed by atoms with Crippen LogP contribution in [0.4, 0.5) is 0 Å². The predicted octanol–water partition coefficient (Wildman–Crippen LogP) is 4.08. The molecule has 1 fully saturated rings. The summed E-state index contributed by atoms with van der Waals surface area (Å²) in [4.78, 5) is 23.4. The Labute approximate surface area is 164 Å². The second-order valence-electron chi connectivity index (χ2n) is 6.84. The first-order valence-corrected chi connectivity index (χ1v) is 10.2. The average Bonchev–Trinajstić information content (AvgIpc) is 3.22. The standard InChI is InChI=1S/C22H23N3OS/c1-17-20(9-10-21(23-17)18-6-3-2-4-7-18)22(26)25-13-11-24(12-14-25)16-19-8-5-15-27-19/h2-10,15H,11-14,16H2,1H3. The predicted molar refractivity (Wildman–Crippen MR) is 110 cm³/mol. The van der Waals surface area contributed by atoms with E-state index >= 15 is 0 Å². The Bertz CT molecular complexity index is 901. The smallest absolute Gasteiger partial charge is 0.255 e. The molecule has 5 heteroatoms. The first-order valence-electron chi connectivity index (χ1n) is 9.28. The molecule has 0 N–H and O–H groups in total. The topological polar surface area (TPSA) is 36.4 Å². The molecule has 3 heterocycles. The number of benzene rings is 1. The molecule has 0 spiro atoms. The van der Waals surface area contributed by atoms with Crippen molar-refractivity contribution >= 4 is 17.2 Å². The van der Waals surface area contributed by atoms with Crippen molar-refractivity contribution in [3.8, 4) is 11.3 Å². The maximum atomic E-state index is 13.0. The average molecular weight is 378 g/mol. The second kappa shape index (κ2) is 8.03. The third-order valence-corrected chi connectivity index (χ3v) is 5.87. The largest absolute Gasteiger partial charge is 0.336 e. The molecule has 4 nitrogen and oxygen atoms in total. The van der Waals surface area contributed by atoms with Crippen LogP contribution >= 0.6 is 11.3 Å². The molecule has 0 radical (unpaired) electrons. The highest BCUT2D eigenvalue weighted by atomic mass is 32.1. The summed E-state index contributed by atoms with van der Waals surface area (Å²) in [7, 11) is 0. The van der Waals surface area contributed by atoms with E-state index in [1.165, 1.54) is 4.88 Å². The molecule has 1 amide bonds. The zero-order valence-corrected chi connectivity index (χ0v) is 16.3. The van der Waals surface area contributed by atoms with Gasteiger partial charge in [-0.1, -0.05) is 36.4 Å². The Morgan fingerprint density at radius 1 is 1.00 bits per heavy atom. The van der Waals surface area contributed by atoms with E-state index in [1.54, 1.807) is 11.3 Å². The number of hydrogen-bond acceptors (Lipinski definition) is 4. The summed E-state index contributed by atoms with van der Waals surface area (Å²) in [5, 5.41) is 2.12. The van der Waals surface area contributed by atoms with Crippen molar-refractivity contribution in [2.24, 2.45) is 0 Å². The number of carbonyl (C=O) groups is 1. The lowest BCUT2D eigenvalue weighted by Crippen LogP contribution is -2.48. The van der Waals surface area contributed by atoms with E-state index in [4.69, 9.17) is 0 Å². The van der Waals surface area contributed by atoms with Gasteiger partial charge in [0.05, 0.1) is 17.0 Å². The van der Waals surface area contributed by atoms with Gasteiger partial charge >= 0.3 is 0 Å². The van der Waals surface area contributed by atoms with Gasteiger partial charge in [0.25, 0.3) is 5.91 Å². The molecule has 0 bridgehead atoms. The summed E-state index contributed by atoms with van der Waals surface area (Å²) in [5.74, 6) is 0.0929. The van der Waals surface area contributed by atoms with Crippen LogP contribution in [-0.4, -0.2) is 46.9 Å². The first kappa shape index (κ1) is 17.9. The summed E-state index contributed by atoms with van der Waals surface area (Å²) in [6.07, 6.45) is 0. The number of carbonyl (C=O) groups excluding carboxylic acids is 1. The number of hydrogen-bond donors (Lipinski definition) is 0. The second-order valence-corrected chi connectivity index (χ2v) is 7.88. The van der Waals surface area contributed by atoms with Gasteiger partial charge in [-0.25, -0.2) is 0 Å². The van der Waals surface area contributed by atoms with Crippen LogP contribution in [0.3, 0.4) is 0 Å². The van der Waals surface area contributed by atoms with Crippen molar-refractivity contribution in [2.45, 2.75) is 13.5 Å². The highest BCUT2D eigenvalue weighted by Gasteiger charge is 2.23. The molecule has 1 aliphatic rings. The lowest BCUT2D eigenvalue weighted by atomic mass is 10.1. The Morgan fingerprint density at radius 2 is 1.78 bits per heavy atom. The molecule has 138 valence electrons. The number of aromatic nitrogens is 1. The van der Waals surface area contributed by atoms with Crippen molar-refractivity contribution in [3.63, 3.8) is 0 Å². The van der Waals surface area contributed by atoms with Gasteiger partial charge in [-0.05, 0) is 30.5 Å². The van der Waals surface area contributed by atoms with Crippen LogP contribution in [0, 0.1) is 6.92 Å². The van der Waals surface area contributed by atoms with Gasteiger partial charge in [-0.2, -0.15) is 0 Å². The molecule has 0 unspecified atom stereocenters. The lowest BCUT2D eigenvalue weighted by Gasteiger charge is -2.34. The van der Waals surface area contributed by atoms with Gasteiger partial charge in [0.2, 0.25) is 0 Å². The van der Waals surface area contributed by atoms with Gasteiger partial charge in [0, 0.05) is 43.2 Å². The van der Waals surface area contributed by atoms with Gasteiger partial charge < -0.3 is 4.90 Å². The van der Waals surface area contributed by atoms with Gasteiger partial charge in [0.15, 0.2) is 0 Å². The molecule has 4 rings (SSSR count). The van der Waals surface area contributed by atoms with Crippen molar-refractivity contribution in [2.75, 3.05) is 26.2 Å². The van der Waals surface area contributed by atoms with E-state index in [2.05, 4.69) is 27.4 Å². The number of rotatable bonds is 4. The van der Waals surface area contributed by atoms with Crippen LogP contribution < -0.4 is 0 Å². The van der Waals surface area contributed by atoms with E-state index in [9.17, 15) is 4.79 Å². The summed E-state index contributed by atoms with van der Waals surface area (Å²) in [6, 6.07) is 18.2. The monoisotopic (exact) mass is 377 g/mol.